The summed E-state index contributed by atoms with van der Waals surface area (Å²) in [6.45, 7) is 4.17. The van der Waals surface area contributed by atoms with Crippen molar-refractivity contribution in [2.75, 3.05) is 16.8 Å². The summed E-state index contributed by atoms with van der Waals surface area (Å²) in [5.74, 6) is 2.75. The van der Waals surface area contributed by atoms with Crippen molar-refractivity contribution in [2.45, 2.75) is 19.9 Å². The lowest BCUT2D eigenvalue weighted by atomic mass is 10.3. The number of hydrogen-bond acceptors (Lipinski definition) is 5. The Morgan fingerprint density at radius 1 is 1.62 bits per heavy atom. The topological polar surface area (TPSA) is 68.1 Å². The van der Waals surface area contributed by atoms with Gasteiger partial charge in [-0.2, -0.15) is 11.8 Å². The second-order valence-corrected chi connectivity index (χ2v) is 4.68. The first-order valence-corrected chi connectivity index (χ1v) is 6.23. The molecule has 16 heavy (non-hydrogen) atoms. The molecule has 0 aliphatic carbocycles. The van der Waals surface area contributed by atoms with Gasteiger partial charge in [-0.15, -0.1) is 0 Å². The van der Waals surface area contributed by atoms with Crippen LogP contribution in [-0.4, -0.2) is 27.5 Å². The Bertz CT molecular complexity index is 342. The molecule has 0 fully saturated rings. The smallest absolute Gasteiger partial charge is 0.287 e. The molecule has 0 aliphatic rings. The lowest BCUT2D eigenvalue weighted by Gasteiger charge is -2.13. The Morgan fingerprint density at radius 3 is 2.88 bits per heavy atom. The number of nitro groups is 1. The molecule has 5 nitrogen and oxygen atoms in total. The van der Waals surface area contributed by atoms with E-state index in [4.69, 9.17) is 0 Å². The molecule has 88 valence electrons. The zero-order valence-corrected chi connectivity index (χ0v) is 10.2. The highest BCUT2D eigenvalue weighted by Crippen LogP contribution is 2.13. The summed E-state index contributed by atoms with van der Waals surface area (Å²) < 4.78 is 0. The minimum Gasteiger partial charge on any atom is -0.367 e. The van der Waals surface area contributed by atoms with Crippen molar-refractivity contribution in [1.82, 2.24) is 4.98 Å². The van der Waals surface area contributed by atoms with Crippen LogP contribution in [-0.2, 0) is 0 Å². The molecular formula is C10H15N3O2S. The van der Waals surface area contributed by atoms with Crippen LogP contribution in [0.4, 0.5) is 11.5 Å². The van der Waals surface area contributed by atoms with Crippen LogP contribution in [0.5, 0.6) is 0 Å². The summed E-state index contributed by atoms with van der Waals surface area (Å²) in [6.07, 6.45) is 1.27. The van der Waals surface area contributed by atoms with Gasteiger partial charge in [0.2, 0.25) is 0 Å². The van der Waals surface area contributed by atoms with Crippen LogP contribution >= 0.6 is 11.8 Å². The summed E-state index contributed by atoms with van der Waals surface area (Å²) >= 11 is 1.84. The predicted molar refractivity (Wildman–Crippen MR) is 67.0 cm³/mol. The Labute approximate surface area is 98.8 Å². The van der Waals surface area contributed by atoms with Crippen molar-refractivity contribution < 1.29 is 4.92 Å². The number of nitrogens with one attached hydrogen (secondary N) is 1. The van der Waals surface area contributed by atoms with E-state index >= 15 is 0 Å². The molecule has 0 spiro atoms. The molecule has 6 heteroatoms. The monoisotopic (exact) mass is 241 g/mol. The molecule has 0 aliphatic heterocycles. The summed E-state index contributed by atoms with van der Waals surface area (Å²) in [5.41, 5.74) is 0.0149. The van der Waals surface area contributed by atoms with Gasteiger partial charge in [0, 0.05) is 17.9 Å². The summed E-state index contributed by atoms with van der Waals surface area (Å²) in [6, 6.07) is 3.39. The van der Waals surface area contributed by atoms with E-state index in [1.54, 1.807) is 6.07 Å². The van der Waals surface area contributed by atoms with E-state index in [1.165, 1.54) is 12.3 Å². The molecule has 0 aromatic carbocycles. The third kappa shape index (κ3) is 4.06. The van der Waals surface area contributed by atoms with E-state index in [0.717, 1.165) is 11.5 Å². The van der Waals surface area contributed by atoms with Crippen LogP contribution in [0.3, 0.4) is 0 Å². The SMILES string of the molecule is CCSCC(C)Nc1ccc([N+](=O)[O-])cn1. The van der Waals surface area contributed by atoms with Gasteiger partial charge in [-0.05, 0) is 18.7 Å². The Morgan fingerprint density at radius 2 is 2.38 bits per heavy atom. The van der Waals surface area contributed by atoms with Crippen LogP contribution < -0.4 is 5.32 Å². The summed E-state index contributed by atoms with van der Waals surface area (Å²) in [7, 11) is 0. The van der Waals surface area contributed by atoms with Gasteiger partial charge < -0.3 is 5.32 Å². The average Bonchev–Trinajstić information content (AvgIpc) is 2.27. The molecule has 1 heterocycles. The van der Waals surface area contributed by atoms with Crippen molar-refractivity contribution in [3.05, 3.63) is 28.4 Å². The molecule has 1 unspecified atom stereocenters. The maximum Gasteiger partial charge on any atom is 0.287 e. The molecule has 1 aromatic heterocycles. The first kappa shape index (κ1) is 12.8. The van der Waals surface area contributed by atoms with Gasteiger partial charge in [0.05, 0.1) is 4.92 Å². The summed E-state index contributed by atoms with van der Waals surface area (Å²) in [4.78, 5) is 14.0. The zero-order chi connectivity index (χ0) is 12.0. The van der Waals surface area contributed by atoms with Crippen molar-refractivity contribution in [1.29, 1.82) is 0 Å². The number of rotatable bonds is 6. The molecule has 1 N–H and O–H groups in total. The predicted octanol–water partition coefficient (Wildman–Crippen LogP) is 2.54. The summed E-state index contributed by atoms with van der Waals surface area (Å²) in [5, 5.41) is 13.6. The zero-order valence-electron chi connectivity index (χ0n) is 9.34. The fourth-order valence-electron chi connectivity index (χ4n) is 1.17. The van der Waals surface area contributed by atoms with Gasteiger partial charge in [0.15, 0.2) is 0 Å². The number of anilines is 1. The number of nitrogens with zero attached hydrogens (tertiary/aromatic N) is 2. The van der Waals surface area contributed by atoms with E-state index in [1.807, 2.05) is 11.8 Å². The van der Waals surface area contributed by atoms with Gasteiger partial charge in [0.25, 0.3) is 5.69 Å². The van der Waals surface area contributed by atoms with Gasteiger partial charge >= 0.3 is 0 Å². The third-order valence-electron chi connectivity index (χ3n) is 1.92. The number of hydrogen-bond donors (Lipinski definition) is 1. The molecule has 0 bridgehead atoms. The van der Waals surface area contributed by atoms with Gasteiger partial charge in [-0.1, -0.05) is 6.92 Å². The van der Waals surface area contributed by atoms with E-state index in [2.05, 4.69) is 24.1 Å². The van der Waals surface area contributed by atoms with Crippen LogP contribution in [0.25, 0.3) is 0 Å². The van der Waals surface area contributed by atoms with E-state index in [-0.39, 0.29) is 5.69 Å². The Balaban J connectivity index is 2.51. The molecule has 1 aromatic rings. The number of aromatic nitrogens is 1. The van der Waals surface area contributed by atoms with Gasteiger partial charge in [-0.3, -0.25) is 10.1 Å². The minimum atomic E-state index is -0.451. The number of thioether (sulfide) groups is 1. The van der Waals surface area contributed by atoms with Crippen molar-refractivity contribution in [3.8, 4) is 0 Å². The average molecular weight is 241 g/mol. The highest BCUT2D eigenvalue weighted by molar-refractivity contribution is 7.99. The van der Waals surface area contributed by atoms with Crippen LogP contribution in [0.15, 0.2) is 18.3 Å². The van der Waals surface area contributed by atoms with E-state index in [0.29, 0.717) is 11.9 Å². The van der Waals surface area contributed by atoms with Crippen LogP contribution in [0.2, 0.25) is 0 Å². The highest BCUT2D eigenvalue weighted by atomic mass is 32.2. The van der Waals surface area contributed by atoms with Crippen molar-refractivity contribution in [3.63, 3.8) is 0 Å². The Hall–Kier alpha value is -1.30. The maximum absolute atomic E-state index is 10.4. The normalized spacial score (nSPS) is 12.1. The Kier molecular flexibility index (Phi) is 5.04. The van der Waals surface area contributed by atoms with Gasteiger partial charge in [-0.25, -0.2) is 4.98 Å². The van der Waals surface area contributed by atoms with Crippen molar-refractivity contribution in [2.24, 2.45) is 0 Å². The lowest BCUT2D eigenvalue weighted by Crippen LogP contribution is -2.18. The second kappa shape index (κ2) is 6.32. The van der Waals surface area contributed by atoms with Gasteiger partial charge in [0.1, 0.15) is 12.0 Å². The maximum atomic E-state index is 10.4. The molecule has 0 saturated heterocycles. The molecular weight excluding hydrogens is 226 g/mol. The van der Waals surface area contributed by atoms with E-state index < -0.39 is 4.92 Å². The highest BCUT2D eigenvalue weighted by Gasteiger charge is 2.06. The minimum absolute atomic E-state index is 0.0149. The first-order chi connectivity index (χ1) is 7.63. The molecule has 0 saturated carbocycles. The fraction of sp³-hybridized carbons (Fsp3) is 0.500. The first-order valence-electron chi connectivity index (χ1n) is 5.08. The van der Waals surface area contributed by atoms with Crippen molar-refractivity contribution >= 4 is 23.3 Å². The number of pyridine rings is 1. The largest absolute Gasteiger partial charge is 0.367 e. The van der Waals surface area contributed by atoms with Crippen LogP contribution in [0.1, 0.15) is 13.8 Å². The third-order valence-corrected chi connectivity index (χ3v) is 3.07. The quantitative estimate of drug-likeness (QED) is 0.612. The lowest BCUT2D eigenvalue weighted by molar-refractivity contribution is -0.385. The molecule has 0 amide bonds. The fourth-order valence-corrected chi connectivity index (χ4v) is 1.84. The standard InChI is InChI=1S/C10H15N3O2S/c1-3-16-7-8(2)12-10-5-4-9(6-11-10)13(14)15/h4-6,8H,3,7H2,1-2H3,(H,11,12). The molecule has 1 atom stereocenters. The molecule has 0 radical (unpaired) electrons. The molecule has 1 rings (SSSR count). The van der Waals surface area contributed by atoms with E-state index in [9.17, 15) is 10.1 Å². The van der Waals surface area contributed by atoms with Crippen LogP contribution in [0, 0.1) is 10.1 Å². The second-order valence-electron chi connectivity index (χ2n) is 3.36.